The molecule has 0 N–H and O–H groups in total. The average Bonchev–Trinajstić information content (AvgIpc) is 3.27. The third-order valence-corrected chi connectivity index (χ3v) is 16.1. The number of carbonyl (C=O) groups is 3. The molecule has 0 aromatic carbocycles. The van der Waals surface area contributed by atoms with Gasteiger partial charge in [-0.1, -0.05) is 325 Å². The van der Waals surface area contributed by atoms with Gasteiger partial charge in [0, 0.05) is 12.8 Å². The molecular weight excluding hydrogens is 1200 g/mol. The topological polar surface area (TPSA) is 111 Å². The zero-order valence-corrected chi connectivity index (χ0v) is 62.6. The summed E-state index contributed by atoms with van der Waals surface area (Å²) in [5.74, 6) is -2.33. The molecule has 0 aliphatic heterocycles. The summed E-state index contributed by atoms with van der Waals surface area (Å²) < 4.78 is 22.8. The maximum absolute atomic E-state index is 13.0. The number of carboxylic acids is 1. The molecule has 0 aliphatic rings. The molecule has 0 rings (SSSR count). The van der Waals surface area contributed by atoms with Gasteiger partial charge in [-0.05, 0) is 141 Å². The molecule has 9 nitrogen and oxygen atoms in total. The van der Waals surface area contributed by atoms with Crippen molar-refractivity contribution in [1.82, 2.24) is 0 Å². The molecule has 0 bridgehead atoms. The second-order valence-electron chi connectivity index (χ2n) is 26.6. The summed E-state index contributed by atoms with van der Waals surface area (Å²) in [5.41, 5.74) is 0. The van der Waals surface area contributed by atoms with Crippen molar-refractivity contribution in [2.24, 2.45) is 0 Å². The van der Waals surface area contributed by atoms with E-state index in [0.717, 1.165) is 135 Å². The van der Waals surface area contributed by atoms with Gasteiger partial charge < -0.3 is 33.3 Å². The van der Waals surface area contributed by atoms with Crippen LogP contribution < -0.4 is 5.11 Å². The van der Waals surface area contributed by atoms with Crippen LogP contribution in [0.3, 0.4) is 0 Å². The fourth-order valence-corrected chi connectivity index (χ4v) is 10.2. The highest BCUT2D eigenvalue weighted by molar-refractivity contribution is 5.70. The molecule has 2 unspecified atom stereocenters. The summed E-state index contributed by atoms with van der Waals surface area (Å²) in [4.78, 5) is 37.6. The molecule has 0 amide bonds. The van der Waals surface area contributed by atoms with Crippen LogP contribution in [-0.4, -0.2) is 82.3 Å². The van der Waals surface area contributed by atoms with Gasteiger partial charge in [0.05, 0.1) is 40.3 Å². The van der Waals surface area contributed by atoms with E-state index in [4.69, 9.17) is 18.9 Å². The molecular formula is C88H143NO8. The minimum atomic E-state index is -1.64. The van der Waals surface area contributed by atoms with Crippen molar-refractivity contribution in [1.29, 1.82) is 0 Å². The van der Waals surface area contributed by atoms with Crippen molar-refractivity contribution in [3.8, 4) is 0 Å². The fraction of sp³-hybridized carbons (Fsp3) is 0.625. The molecule has 0 saturated heterocycles. The normalized spacial score (nSPS) is 13.7. The number of carbonyl (C=O) groups excluding carboxylic acids is 3. The number of nitrogens with zero attached hydrogens (tertiary/aromatic N) is 1. The summed E-state index contributed by atoms with van der Waals surface area (Å²) in [6.07, 6.45) is 113. The molecule has 2 atom stereocenters. The van der Waals surface area contributed by atoms with E-state index >= 15 is 0 Å². The lowest BCUT2D eigenvalue weighted by Crippen LogP contribution is -2.44. The zero-order chi connectivity index (χ0) is 70.4. The summed E-state index contributed by atoms with van der Waals surface area (Å²) in [6.45, 7) is 4.59. The Labute approximate surface area is 596 Å². The standard InChI is InChI=1S/C88H143NO8/c1-6-8-10-12-14-16-18-20-22-24-26-28-30-32-34-36-38-39-40-41-42-43-44-45-46-47-49-51-53-55-57-59-61-63-65-67-69-71-73-75-77-79-86(91)97-84(83-96-88(87(92)93)94-81-80-89(3,4)5)82-95-85(90)78-76-74-72-70-68-66-64-62-60-58-56-54-52-50-48-37-35-33-31-29-27-25-23-21-19-17-15-13-11-9-7-2/h8,10,14,16,19-22,25-28,31-34,38-39,41-42,44-45,47,49,53,55,59,61,65,67,84,88H,6-7,9,11-13,15,17-18,23-24,29-30,35-37,40,43,46,48,50-52,54,56-58,60,62-64,66,68-83H2,1-5H3/b10-8-,16-14-,21-19-,22-20-,27-25-,28-26-,33-31-,34-32-,39-38-,42-41-,45-44-,49-47-,55-53-,61-59-,67-65-. The van der Waals surface area contributed by atoms with E-state index in [1.165, 1.54) is 128 Å². The smallest absolute Gasteiger partial charge is 0.306 e. The Morgan fingerprint density at radius 2 is 0.588 bits per heavy atom. The van der Waals surface area contributed by atoms with Gasteiger partial charge in [0.1, 0.15) is 13.2 Å². The first kappa shape index (κ1) is 91.4. The summed E-state index contributed by atoms with van der Waals surface area (Å²) in [7, 11) is 5.92. The number of hydrogen-bond acceptors (Lipinski definition) is 8. The average molecular weight is 1340 g/mol. The maximum atomic E-state index is 13.0. The fourth-order valence-electron chi connectivity index (χ4n) is 10.2. The molecule has 0 radical (unpaired) electrons. The molecule has 548 valence electrons. The van der Waals surface area contributed by atoms with Crippen molar-refractivity contribution < 1.29 is 42.9 Å². The number of rotatable bonds is 70. The van der Waals surface area contributed by atoms with Gasteiger partial charge >= 0.3 is 11.9 Å². The number of carboxylic acid groups (broad SMARTS) is 1. The molecule has 0 aromatic heterocycles. The van der Waals surface area contributed by atoms with Gasteiger partial charge in [-0.2, -0.15) is 0 Å². The first-order chi connectivity index (χ1) is 47.6. The number of unbranched alkanes of at least 4 members (excludes halogenated alkanes) is 25. The van der Waals surface area contributed by atoms with E-state index < -0.39 is 24.3 Å². The van der Waals surface area contributed by atoms with Crippen LogP contribution in [0.5, 0.6) is 0 Å². The highest BCUT2D eigenvalue weighted by Gasteiger charge is 2.22. The minimum Gasteiger partial charge on any atom is -0.545 e. The Bertz CT molecular complexity index is 2260. The number of likely N-dealkylation sites (N-methyl/N-ethyl adjacent to an activating group) is 1. The summed E-state index contributed by atoms with van der Waals surface area (Å²) >= 11 is 0. The van der Waals surface area contributed by atoms with Crippen LogP contribution in [0.15, 0.2) is 182 Å². The maximum Gasteiger partial charge on any atom is 0.306 e. The van der Waals surface area contributed by atoms with Gasteiger partial charge in [0.25, 0.3) is 0 Å². The van der Waals surface area contributed by atoms with E-state index in [0.29, 0.717) is 17.4 Å². The van der Waals surface area contributed by atoms with Crippen LogP contribution >= 0.6 is 0 Å². The molecule has 0 spiro atoms. The molecule has 0 heterocycles. The van der Waals surface area contributed by atoms with Crippen LogP contribution in [0.1, 0.15) is 296 Å². The van der Waals surface area contributed by atoms with Crippen LogP contribution in [0.4, 0.5) is 0 Å². The lowest BCUT2D eigenvalue weighted by molar-refractivity contribution is -0.870. The first-order valence-electron chi connectivity index (χ1n) is 38.9. The van der Waals surface area contributed by atoms with Crippen molar-refractivity contribution in [2.75, 3.05) is 47.5 Å². The third kappa shape index (κ3) is 77.6. The SMILES string of the molecule is CC/C=C\C/C=C\C/C=C\C/C=C\C/C=C\C/C=C\C/C=C\C/C=C\C/C=C\C/C=C\C/C=C\C/C=C\CCCCCCC(=O)OC(COC(=O)CCCCCCCCCCCCCCCCCC/C=C\C/C=C\C/C=C\CCCCCCC)COC(OCC[N+](C)(C)C)C(=O)[O-]. The number of quaternary nitrogens is 1. The first-order valence-corrected chi connectivity index (χ1v) is 38.9. The molecule has 0 aromatic rings. The summed E-state index contributed by atoms with van der Waals surface area (Å²) in [5, 5.41) is 11.9. The lowest BCUT2D eigenvalue weighted by atomic mass is 10.0. The van der Waals surface area contributed by atoms with Crippen LogP contribution in [0.2, 0.25) is 0 Å². The number of hydrogen-bond donors (Lipinski definition) is 0. The Morgan fingerprint density at radius 3 is 0.876 bits per heavy atom. The number of esters is 2. The summed E-state index contributed by atoms with van der Waals surface area (Å²) in [6, 6.07) is 0. The van der Waals surface area contributed by atoms with Crippen molar-refractivity contribution in [2.45, 2.75) is 309 Å². The van der Waals surface area contributed by atoms with Crippen LogP contribution in [0, 0.1) is 0 Å². The van der Waals surface area contributed by atoms with Crippen molar-refractivity contribution >= 4 is 17.9 Å². The van der Waals surface area contributed by atoms with Crippen molar-refractivity contribution in [3.63, 3.8) is 0 Å². The van der Waals surface area contributed by atoms with Gasteiger partial charge in [-0.3, -0.25) is 9.59 Å². The largest absolute Gasteiger partial charge is 0.545 e. The predicted octanol–water partition coefficient (Wildman–Crippen LogP) is 23.8. The van der Waals surface area contributed by atoms with Gasteiger partial charge in [0.2, 0.25) is 0 Å². The van der Waals surface area contributed by atoms with Crippen LogP contribution in [-0.2, 0) is 33.3 Å². The monoisotopic (exact) mass is 1340 g/mol. The molecule has 97 heavy (non-hydrogen) atoms. The van der Waals surface area contributed by atoms with Crippen molar-refractivity contribution in [3.05, 3.63) is 182 Å². The lowest BCUT2D eigenvalue weighted by Gasteiger charge is -2.26. The van der Waals surface area contributed by atoms with Gasteiger partial charge in [0.15, 0.2) is 12.4 Å². The molecule has 0 saturated carbocycles. The van der Waals surface area contributed by atoms with E-state index in [9.17, 15) is 19.5 Å². The Balaban J connectivity index is 4.19. The van der Waals surface area contributed by atoms with Gasteiger partial charge in [-0.15, -0.1) is 0 Å². The Morgan fingerprint density at radius 1 is 0.320 bits per heavy atom. The third-order valence-electron chi connectivity index (χ3n) is 16.1. The number of ether oxygens (including phenoxy) is 4. The second kappa shape index (κ2) is 76.1. The van der Waals surface area contributed by atoms with E-state index in [1.807, 2.05) is 21.1 Å². The van der Waals surface area contributed by atoms with Crippen LogP contribution in [0.25, 0.3) is 0 Å². The number of allylic oxidation sites excluding steroid dienone is 30. The number of aliphatic carboxylic acids is 1. The van der Waals surface area contributed by atoms with E-state index in [2.05, 4.69) is 196 Å². The molecule has 0 aliphatic carbocycles. The highest BCUT2D eigenvalue weighted by atomic mass is 16.7. The van der Waals surface area contributed by atoms with E-state index in [-0.39, 0.29) is 38.6 Å². The second-order valence-corrected chi connectivity index (χ2v) is 26.6. The van der Waals surface area contributed by atoms with Gasteiger partial charge in [-0.25, -0.2) is 0 Å². The van der Waals surface area contributed by atoms with E-state index in [1.54, 1.807) is 0 Å². The quantitative estimate of drug-likeness (QED) is 0.0195. The molecule has 9 heteroatoms. The minimum absolute atomic E-state index is 0.134. The molecule has 0 fully saturated rings. The Kier molecular flexibility index (Phi) is 71.7. The zero-order valence-electron chi connectivity index (χ0n) is 62.6. The predicted molar refractivity (Wildman–Crippen MR) is 416 cm³/mol. The Hall–Kier alpha value is -5.61. The highest BCUT2D eigenvalue weighted by Crippen LogP contribution is 2.16.